The Kier molecular flexibility index (Phi) is 8.83. The molecule has 0 saturated heterocycles. The van der Waals surface area contributed by atoms with Crippen LogP contribution in [0.5, 0.6) is 0 Å². The summed E-state index contributed by atoms with van der Waals surface area (Å²) in [6.45, 7) is 9.26. The van der Waals surface area contributed by atoms with E-state index in [4.69, 9.17) is 0 Å². The van der Waals surface area contributed by atoms with E-state index in [1.54, 1.807) is 3.58 Å². The zero-order valence-electron chi connectivity index (χ0n) is 14.0. The molecule has 1 rings (SSSR count). The number of pyridine rings is 1. The van der Waals surface area contributed by atoms with Crippen molar-refractivity contribution in [3.8, 4) is 0 Å². The molecule has 0 fully saturated rings. The van der Waals surface area contributed by atoms with Gasteiger partial charge < -0.3 is 0 Å². The summed E-state index contributed by atoms with van der Waals surface area (Å²) in [5, 5.41) is 0. The molecule has 0 atom stereocenters. The van der Waals surface area contributed by atoms with E-state index in [9.17, 15) is 0 Å². The molecule has 0 spiro atoms. The van der Waals surface area contributed by atoms with Crippen LogP contribution in [0.4, 0.5) is 0 Å². The van der Waals surface area contributed by atoms with Gasteiger partial charge in [0.1, 0.15) is 0 Å². The molecule has 0 N–H and O–H groups in total. The van der Waals surface area contributed by atoms with Gasteiger partial charge in [-0.1, -0.05) is 0 Å². The van der Waals surface area contributed by atoms with E-state index in [-0.39, 0.29) is 0 Å². The Balaban J connectivity index is 3.08. The van der Waals surface area contributed by atoms with E-state index in [2.05, 4.69) is 44.8 Å². The average molecular weight is 382 g/mol. The van der Waals surface area contributed by atoms with Crippen molar-refractivity contribution in [3.05, 3.63) is 24.0 Å². The molecule has 1 aromatic rings. The van der Waals surface area contributed by atoms with Crippen molar-refractivity contribution in [2.75, 3.05) is 0 Å². The number of hydrogen-bond donors (Lipinski definition) is 0. The number of nitrogens with zero attached hydrogens (tertiary/aromatic N) is 1. The summed E-state index contributed by atoms with van der Waals surface area (Å²) < 4.78 is 6.35. The Morgan fingerprint density at radius 3 is 1.80 bits per heavy atom. The fourth-order valence-electron chi connectivity index (χ4n) is 3.37. The summed E-state index contributed by atoms with van der Waals surface area (Å²) in [5.74, 6) is 0. The summed E-state index contributed by atoms with van der Waals surface area (Å²) in [6, 6.07) is 4.61. The van der Waals surface area contributed by atoms with Crippen LogP contribution < -0.4 is 3.58 Å². The number of aromatic nitrogens is 1. The molecule has 0 aliphatic carbocycles. The molecule has 0 aromatic carbocycles. The number of hydrogen-bond acceptors (Lipinski definition) is 1. The maximum absolute atomic E-state index is 4.62. The minimum absolute atomic E-state index is 1.34. The molecule has 1 heterocycles. The molecule has 0 saturated carbocycles. The average Bonchev–Trinajstić information content (AvgIpc) is 2.48. The molecule has 0 radical (unpaired) electrons. The molecule has 20 heavy (non-hydrogen) atoms. The van der Waals surface area contributed by atoms with Crippen LogP contribution in [0, 0.1) is 6.92 Å². The van der Waals surface area contributed by atoms with Crippen LogP contribution >= 0.6 is 0 Å². The predicted molar refractivity (Wildman–Crippen MR) is 93.5 cm³/mol. The Bertz CT molecular complexity index is 354. The standard InChI is InChI=1S/C6H6N.3C4H9.Sn/c1-6-4-2-3-5-7-6;3*1-3-4-2;/h2-3,5H,1H3;3*1,3-4H2,2H3;. The van der Waals surface area contributed by atoms with Gasteiger partial charge in [0.2, 0.25) is 0 Å². The normalized spacial score (nSPS) is 11.8. The molecular weight excluding hydrogens is 349 g/mol. The summed E-state index contributed by atoms with van der Waals surface area (Å²) in [7, 11) is 0. The van der Waals surface area contributed by atoms with Gasteiger partial charge >= 0.3 is 130 Å². The van der Waals surface area contributed by atoms with Crippen LogP contribution in [0.2, 0.25) is 13.3 Å². The summed E-state index contributed by atoms with van der Waals surface area (Å²) in [6.07, 6.45) is 10.3. The first-order valence-corrected chi connectivity index (χ1v) is 16.1. The van der Waals surface area contributed by atoms with Gasteiger partial charge in [-0.2, -0.15) is 0 Å². The fourth-order valence-corrected chi connectivity index (χ4v) is 20.3. The van der Waals surface area contributed by atoms with Gasteiger partial charge in [-0.3, -0.25) is 0 Å². The molecule has 2 heteroatoms. The maximum atomic E-state index is 4.62. The van der Waals surface area contributed by atoms with Gasteiger partial charge in [0.15, 0.2) is 0 Å². The van der Waals surface area contributed by atoms with Gasteiger partial charge in [-0.05, 0) is 0 Å². The zero-order valence-corrected chi connectivity index (χ0v) is 16.9. The van der Waals surface area contributed by atoms with Crippen LogP contribution in [0.3, 0.4) is 0 Å². The Hall–Kier alpha value is -0.0513. The zero-order chi connectivity index (χ0) is 14.8. The van der Waals surface area contributed by atoms with E-state index in [0.29, 0.717) is 0 Å². The van der Waals surface area contributed by atoms with E-state index < -0.39 is 18.4 Å². The van der Waals surface area contributed by atoms with Crippen LogP contribution in [0.15, 0.2) is 18.3 Å². The quantitative estimate of drug-likeness (QED) is 0.491. The van der Waals surface area contributed by atoms with E-state index >= 15 is 0 Å². The summed E-state index contributed by atoms with van der Waals surface area (Å²) in [5.41, 5.74) is 1.34. The summed E-state index contributed by atoms with van der Waals surface area (Å²) in [4.78, 5) is 4.62. The van der Waals surface area contributed by atoms with Crippen molar-refractivity contribution >= 4 is 22.0 Å². The molecule has 114 valence electrons. The van der Waals surface area contributed by atoms with Crippen LogP contribution in [-0.2, 0) is 0 Å². The first-order chi connectivity index (χ1) is 9.70. The van der Waals surface area contributed by atoms with Crippen molar-refractivity contribution in [1.82, 2.24) is 4.98 Å². The van der Waals surface area contributed by atoms with Gasteiger partial charge in [-0.25, -0.2) is 0 Å². The topological polar surface area (TPSA) is 12.9 Å². The molecular formula is C18H33NSn. The van der Waals surface area contributed by atoms with Gasteiger partial charge in [-0.15, -0.1) is 0 Å². The monoisotopic (exact) mass is 383 g/mol. The Morgan fingerprint density at radius 2 is 1.40 bits per heavy atom. The van der Waals surface area contributed by atoms with Gasteiger partial charge in [0, 0.05) is 0 Å². The SMILES string of the molecule is CCC[CH2][Sn]([CH2]CCC)([CH2]CCC)[c]1cccnc1C. The first-order valence-electron chi connectivity index (χ1n) is 8.62. The Morgan fingerprint density at radius 1 is 0.900 bits per heavy atom. The molecule has 0 bridgehead atoms. The second-order valence-electron chi connectivity index (χ2n) is 6.23. The van der Waals surface area contributed by atoms with E-state index in [0.717, 1.165) is 0 Å². The molecule has 0 aliphatic rings. The number of aryl methyl sites for hydroxylation is 1. The molecule has 0 unspecified atom stereocenters. The van der Waals surface area contributed by atoms with E-state index in [1.165, 1.54) is 57.5 Å². The van der Waals surface area contributed by atoms with Crippen molar-refractivity contribution < 1.29 is 0 Å². The third kappa shape index (κ3) is 5.05. The van der Waals surface area contributed by atoms with Crippen LogP contribution in [-0.4, -0.2) is 23.4 Å². The van der Waals surface area contributed by atoms with Crippen molar-refractivity contribution in [1.29, 1.82) is 0 Å². The summed E-state index contributed by atoms with van der Waals surface area (Å²) >= 11 is -2.22. The van der Waals surface area contributed by atoms with Gasteiger partial charge in [0.25, 0.3) is 0 Å². The third-order valence-electron chi connectivity index (χ3n) is 4.60. The van der Waals surface area contributed by atoms with E-state index in [1.807, 2.05) is 6.20 Å². The molecule has 0 amide bonds. The number of rotatable bonds is 10. The van der Waals surface area contributed by atoms with Crippen LogP contribution in [0.1, 0.15) is 65.0 Å². The van der Waals surface area contributed by atoms with Crippen LogP contribution in [0.25, 0.3) is 0 Å². The molecule has 0 aliphatic heterocycles. The van der Waals surface area contributed by atoms with Crippen molar-refractivity contribution in [3.63, 3.8) is 0 Å². The second kappa shape index (κ2) is 9.81. The van der Waals surface area contributed by atoms with Gasteiger partial charge in [0.05, 0.1) is 0 Å². The predicted octanol–water partition coefficient (Wildman–Crippen LogP) is 5.45. The Labute approximate surface area is 130 Å². The molecule has 1 nitrogen and oxygen atoms in total. The fraction of sp³-hybridized carbons (Fsp3) is 0.722. The molecule has 1 aromatic heterocycles. The van der Waals surface area contributed by atoms with Crippen molar-refractivity contribution in [2.24, 2.45) is 0 Å². The first kappa shape index (κ1) is 18.0. The van der Waals surface area contributed by atoms with Crippen molar-refractivity contribution in [2.45, 2.75) is 79.5 Å². The minimum atomic E-state index is -2.22. The second-order valence-corrected chi connectivity index (χ2v) is 19.4. The third-order valence-corrected chi connectivity index (χ3v) is 20.6. The number of unbranched alkanes of at least 4 members (excludes halogenated alkanes) is 3.